The topological polar surface area (TPSA) is 41.8 Å². The van der Waals surface area contributed by atoms with E-state index in [1.807, 2.05) is 30.3 Å². The number of nitrogens with zero attached hydrogens (tertiary/aromatic N) is 1. The molecule has 0 aromatic heterocycles. The lowest BCUT2D eigenvalue weighted by atomic mass is 10.0. The number of rotatable bonds is 2. The van der Waals surface area contributed by atoms with Gasteiger partial charge in [0.2, 0.25) is 6.29 Å². The standard InChI is InChI=1S/C15H13NO2/c17-15-10-14(16-18-15)13-8-6-12(7-9-13)11-4-2-1-3-5-11/h1-9,15,17H,10H2. The summed E-state index contributed by atoms with van der Waals surface area (Å²) in [4.78, 5) is 4.78. The Bertz CT molecular complexity index is 561. The lowest BCUT2D eigenvalue weighted by molar-refractivity contribution is -0.0762. The van der Waals surface area contributed by atoms with E-state index in [0.717, 1.165) is 11.3 Å². The number of hydrogen-bond donors (Lipinski definition) is 1. The van der Waals surface area contributed by atoms with E-state index < -0.39 is 6.29 Å². The summed E-state index contributed by atoms with van der Waals surface area (Å²) >= 11 is 0. The van der Waals surface area contributed by atoms with E-state index in [1.54, 1.807) is 0 Å². The fraction of sp³-hybridized carbons (Fsp3) is 0.133. The molecule has 1 aliphatic heterocycles. The minimum absolute atomic E-state index is 0.449. The Morgan fingerprint density at radius 1 is 0.889 bits per heavy atom. The zero-order valence-electron chi connectivity index (χ0n) is 9.78. The molecule has 0 fully saturated rings. The van der Waals surface area contributed by atoms with E-state index in [9.17, 15) is 5.11 Å². The van der Waals surface area contributed by atoms with Gasteiger partial charge in [0, 0.05) is 0 Å². The molecule has 1 N–H and O–H groups in total. The molecule has 0 spiro atoms. The summed E-state index contributed by atoms with van der Waals surface area (Å²) in [7, 11) is 0. The summed E-state index contributed by atoms with van der Waals surface area (Å²) in [5.74, 6) is 0. The van der Waals surface area contributed by atoms with Crippen molar-refractivity contribution in [2.75, 3.05) is 0 Å². The Morgan fingerprint density at radius 3 is 2.11 bits per heavy atom. The predicted octanol–water partition coefficient (Wildman–Crippen LogP) is 2.80. The van der Waals surface area contributed by atoms with E-state index in [2.05, 4.69) is 29.4 Å². The van der Waals surface area contributed by atoms with Crippen LogP contribution in [0.5, 0.6) is 0 Å². The van der Waals surface area contributed by atoms with Crippen molar-refractivity contribution in [3.63, 3.8) is 0 Å². The summed E-state index contributed by atoms with van der Waals surface area (Å²) in [6, 6.07) is 18.3. The molecule has 2 aromatic carbocycles. The molecule has 90 valence electrons. The minimum Gasteiger partial charge on any atom is -0.363 e. The van der Waals surface area contributed by atoms with Crippen LogP contribution in [0.3, 0.4) is 0 Å². The second-order valence-electron chi connectivity index (χ2n) is 4.25. The minimum atomic E-state index is -0.797. The van der Waals surface area contributed by atoms with Crippen LogP contribution in [0.25, 0.3) is 11.1 Å². The van der Waals surface area contributed by atoms with Gasteiger partial charge in [0.15, 0.2) is 0 Å². The molecule has 1 atom stereocenters. The maximum atomic E-state index is 9.26. The Balaban J connectivity index is 1.86. The van der Waals surface area contributed by atoms with Crippen LogP contribution in [0.15, 0.2) is 59.8 Å². The first-order chi connectivity index (χ1) is 8.83. The first-order valence-electron chi connectivity index (χ1n) is 5.89. The van der Waals surface area contributed by atoms with Gasteiger partial charge < -0.3 is 9.94 Å². The number of aliphatic hydroxyl groups is 1. The van der Waals surface area contributed by atoms with Crippen LogP contribution in [-0.4, -0.2) is 17.1 Å². The smallest absolute Gasteiger partial charge is 0.230 e. The summed E-state index contributed by atoms with van der Waals surface area (Å²) in [6.07, 6.45) is -0.348. The highest BCUT2D eigenvalue weighted by Crippen LogP contribution is 2.21. The molecule has 0 bridgehead atoms. The van der Waals surface area contributed by atoms with Crippen LogP contribution in [0, 0.1) is 0 Å². The van der Waals surface area contributed by atoms with Crippen molar-refractivity contribution in [1.82, 2.24) is 0 Å². The Kier molecular flexibility index (Phi) is 2.82. The maximum Gasteiger partial charge on any atom is 0.230 e. The van der Waals surface area contributed by atoms with Crippen molar-refractivity contribution < 1.29 is 9.94 Å². The lowest BCUT2D eigenvalue weighted by Crippen LogP contribution is -2.06. The molecule has 3 heteroatoms. The molecule has 1 heterocycles. The van der Waals surface area contributed by atoms with Gasteiger partial charge in [-0.15, -0.1) is 0 Å². The highest BCUT2D eigenvalue weighted by Gasteiger charge is 2.18. The van der Waals surface area contributed by atoms with Gasteiger partial charge in [-0.2, -0.15) is 0 Å². The van der Waals surface area contributed by atoms with Crippen LogP contribution in [0.2, 0.25) is 0 Å². The van der Waals surface area contributed by atoms with Crippen LogP contribution in [0.4, 0.5) is 0 Å². The molecular formula is C15H13NO2. The molecule has 0 aliphatic carbocycles. The molecule has 3 nitrogen and oxygen atoms in total. The first kappa shape index (κ1) is 11.0. The third-order valence-electron chi connectivity index (χ3n) is 2.98. The van der Waals surface area contributed by atoms with Crippen LogP contribution in [0.1, 0.15) is 12.0 Å². The van der Waals surface area contributed by atoms with Gasteiger partial charge in [-0.05, 0) is 16.7 Å². The summed E-state index contributed by atoms with van der Waals surface area (Å²) < 4.78 is 0. The number of oxime groups is 1. The maximum absolute atomic E-state index is 9.26. The molecule has 2 aromatic rings. The van der Waals surface area contributed by atoms with E-state index in [-0.39, 0.29) is 0 Å². The molecule has 1 aliphatic rings. The number of hydrogen-bond acceptors (Lipinski definition) is 3. The zero-order chi connectivity index (χ0) is 12.4. The zero-order valence-corrected chi connectivity index (χ0v) is 9.78. The highest BCUT2D eigenvalue weighted by atomic mass is 16.7. The van der Waals surface area contributed by atoms with E-state index in [4.69, 9.17) is 4.84 Å². The van der Waals surface area contributed by atoms with Crippen molar-refractivity contribution in [3.05, 3.63) is 60.2 Å². The molecule has 18 heavy (non-hydrogen) atoms. The van der Waals surface area contributed by atoms with Gasteiger partial charge in [0.05, 0.1) is 12.1 Å². The summed E-state index contributed by atoms with van der Waals surface area (Å²) in [5, 5.41) is 13.1. The molecular weight excluding hydrogens is 226 g/mol. The normalized spacial score (nSPS) is 18.3. The molecule has 3 rings (SSSR count). The van der Waals surface area contributed by atoms with E-state index >= 15 is 0 Å². The van der Waals surface area contributed by atoms with E-state index in [0.29, 0.717) is 6.42 Å². The lowest BCUT2D eigenvalue weighted by Gasteiger charge is -2.03. The van der Waals surface area contributed by atoms with Crippen molar-refractivity contribution in [3.8, 4) is 11.1 Å². The summed E-state index contributed by atoms with van der Waals surface area (Å²) in [6.45, 7) is 0. The Labute approximate surface area is 105 Å². The van der Waals surface area contributed by atoms with Gasteiger partial charge >= 0.3 is 0 Å². The SMILES string of the molecule is OC1CC(c2ccc(-c3ccccc3)cc2)=NO1. The van der Waals surface area contributed by atoms with Crippen LogP contribution >= 0.6 is 0 Å². The molecule has 0 amide bonds. The third kappa shape index (κ3) is 2.13. The fourth-order valence-electron chi connectivity index (χ4n) is 2.02. The number of aliphatic hydroxyl groups excluding tert-OH is 1. The average molecular weight is 239 g/mol. The van der Waals surface area contributed by atoms with Crippen molar-refractivity contribution in [2.45, 2.75) is 12.7 Å². The number of benzene rings is 2. The van der Waals surface area contributed by atoms with Gasteiger partial charge in [-0.1, -0.05) is 59.8 Å². The highest BCUT2D eigenvalue weighted by molar-refractivity contribution is 6.01. The second-order valence-corrected chi connectivity index (χ2v) is 4.25. The van der Waals surface area contributed by atoms with Gasteiger partial charge in [-0.25, -0.2) is 0 Å². The molecule has 0 saturated carbocycles. The van der Waals surface area contributed by atoms with Gasteiger partial charge in [0.25, 0.3) is 0 Å². The monoisotopic (exact) mass is 239 g/mol. The molecule has 1 unspecified atom stereocenters. The third-order valence-corrected chi connectivity index (χ3v) is 2.98. The van der Waals surface area contributed by atoms with Crippen molar-refractivity contribution >= 4 is 5.71 Å². The van der Waals surface area contributed by atoms with Crippen LogP contribution < -0.4 is 0 Å². The summed E-state index contributed by atoms with van der Waals surface area (Å²) in [5.41, 5.74) is 4.14. The Hall–Kier alpha value is -2.13. The molecule has 0 radical (unpaired) electrons. The Morgan fingerprint density at radius 2 is 1.50 bits per heavy atom. The van der Waals surface area contributed by atoms with Crippen molar-refractivity contribution in [2.24, 2.45) is 5.16 Å². The van der Waals surface area contributed by atoms with Gasteiger partial charge in [0.1, 0.15) is 0 Å². The quantitative estimate of drug-likeness (QED) is 0.875. The fourth-order valence-corrected chi connectivity index (χ4v) is 2.02. The first-order valence-corrected chi connectivity index (χ1v) is 5.89. The molecule has 0 saturated heterocycles. The largest absolute Gasteiger partial charge is 0.363 e. The average Bonchev–Trinajstić information content (AvgIpc) is 2.87. The predicted molar refractivity (Wildman–Crippen MR) is 70.1 cm³/mol. The van der Waals surface area contributed by atoms with Crippen molar-refractivity contribution in [1.29, 1.82) is 0 Å². The van der Waals surface area contributed by atoms with Crippen LogP contribution in [-0.2, 0) is 4.84 Å². The van der Waals surface area contributed by atoms with Gasteiger partial charge in [-0.3, -0.25) is 0 Å². The van der Waals surface area contributed by atoms with E-state index in [1.165, 1.54) is 11.1 Å². The second kappa shape index (κ2) is 4.63.